The number of rotatable bonds is 1. The summed E-state index contributed by atoms with van der Waals surface area (Å²) in [4.78, 5) is 5.66. The van der Waals surface area contributed by atoms with E-state index in [2.05, 4.69) is 11.9 Å². The minimum absolute atomic E-state index is 0.0860. The molecule has 0 bridgehead atoms. The molecule has 0 radical (unpaired) electrons. The number of para-hydroxylation sites is 1. The number of nitrogen functional groups attached to an aromatic ring is 1. The van der Waals surface area contributed by atoms with Crippen LogP contribution >= 0.6 is 0 Å². The van der Waals surface area contributed by atoms with Crippen molar-refractivity contribution in [1.82, 2.24) is 4.98 Å². The highest BCUT2D eigenvalue weighted by Gasteiger charge is 2.26. The van der Waals surface area contributed by atoms with Crippen LogP contribution in [-0.4, -0.2) is 11.5 Å². The van der Waals surface area contributed by atoms with E-state index in [0.717, 1.165) is 23.7 Å². The first kappa shape index (κ1) is 12.8. The second-order valence-corrected chi connectivity index (χ2v) is 5.21. The van der Waals surface area contributed by atoms with E-state index in [-0.39, 0.29) is 11.6 Å². The minimum atomic E-state index is -0.829. The summed E-state index contributed by atoms with van der Waals surface area (Å²) in [5.41, 5.74) is 7.51. The number of aromatic nitrogens is 1. The Hall–Kier alpha value is -2.17. The van der Waals surface area contributed by atoms with Crippen LogP contribution in [-0.2, 0) is 6.42 Å². The van der Waals surface area contributed by atoms with Gasteiger partial charge in [0.15, 0.2) is 23.3 Å². The highest BCUT2D eigenvalue weighted by atomic mass is 19.1. The molecular weight excluding hydrogens is 260 g/mol. The molecule has 0 saturated heterocycles. The second-order valence-electron chi connectivity index (χ2n) is 5.21. The third kappa shape index (κ3) is 2.09. The molecule has 3 rings (SSSR count). The van der Waals surface area contributed by atoms with Crippen molar-refractivity contribution in [3.63, 3.8) is 0 Å². The maximum Gasteiger partial charge on any atom is 0.171 e. The number of pyridine rings is 1. The van der Waals surface area contributed by atoms with Crippen molar-refractivity contribution in [2.45, 2.75) is 13.3 Å². The minimum Gasteiger partial charge on any atom is -0.381 e. The van der Waals surface area contributed by atoms with Crippen molar-refractivity contribution in [2.75, 3.05) is 17.2 Å². The molecule has 0 aliphatic carbocycles. The van der Waals surface area contributed by atoms with Crippen LogP contribution in [0.1, 0.15) is 12.5 Å². The molecule has 2 aromatic rings. The van der Waals surface area contributed by atoms with Gasteiger partial charge in [-0.3, -0.25) is 0 Å². The number of anilines is 3. The number of benzene rings is 1. The highest BCUT2D eigenvalue weighted by Crippen LogP contribution is 2.36. The molecule has 0 fully saturated rings. The molecule has 0 spiro atoms. The lowest BCUT2D eigenvalue weighted by molar-refractivity contribution is 0.540. The van der Waals surface area contributed by atoms with E-state index in [1.807, 2.05) is 24.3 Å². The topological polar surface area (TPSA) is 42.2 Å². The molecule has 1 atom stereocenters. The zero-order valence-corrected chi connectivity index (χ0v) is 11.1. The van der Waals surface area contributed by atoms with Gasteiger partial charge in [0.1, 0.15) is 0 Å². The molecule has 1 aliphatic rings. The SMILES string of the molecule is CC1Cc2ccccc2N(c2nc(N)c(F)cc2F)C1. The quantitative estimate of drug-likeness (QED) is 0.868. The Kier molecular flexibility index (Phi) is 3.04. The van der Waals surface area contributed by atoms with E-state index in [1.165, 1.54) is 0 Å². The average Bonchev–Trinajstić information content (AvgIpc) is 2.42. The molecule has 3 nitrogen and oxygen atoms in total. The smallest absolute Gasteiger partial charge is 0.171 e. The van der Waals surface area contributed by atoms with Gasteiger partial charge in [0, 0.05) is 18.3 Å². The van der Waals surface area contributed by atoms with Gasteiger partial charge in [-0.25, -0.2) is 13.8 Å². The van der Waals surface area contributed by atoms with E-state index >= 15 is 0 Å². The summed E-state index contributed by atoms with van der Waals surface area (Å²) in [6.45, 7) is 2.72. The Bertz CT molecular complexity index is 658. The van der Waals surface area contributed by atoms with Gasteiger partial charge in [0.05, 0.1) is 0 Å². The molecule has 1 aliphatic heterocycles. The van der Waals surface area contributed by atoms with Gasteiger partial charge in [-0.1, -0.05) is 25.1 Å². The van der Waals surface area contributed by atoms with Crippen molar-refractivity contribution in [2.24, 2.45) is 5.92 Å². The number of halogens is 2. The van der Waals surface area contributed by atoms with Crippen molar-refractivity contribution >= 4 is 17.3 Å². The molecular formula is C15H15F2N3. The third-order valence-corrected chi connectivity index (χ3v) is 3.54. The summed E-state index contributed by atoms with van der Waals surface area (Å²) in [5.74, 6) is -1.36. The summed E-state index contributed by atoms with van der Waals surface area (Å²) >= 11 is 0. The number of nitrogens with zero attached hydrogens (tertiary/aromatic N) is 2. The average molecular weight is 275 g/mol. The van der Waals surface area contributed by atoms with Crippen molar-refractivity contribution in [1.29, 1.82) is 0 Å². The van der Waals surface area contributed by atoms with Gasteiger partial charge >= 0.3 is 0 Å². The van der Waals surface area contributed by atoms with Crippen LogP contribution in [0.3, 0.4) is 0 Å². The standard InChI is InChI=1S/C15H15F2N3/c1-9-6-10-4-2-3-5-13(10)20(8-9)15-12(17)7-11(16)14(18)19-15/h2-5,7,9H,6,8H2,1H3,(H2,18,19). The van der Waals surface area contributed by atoms with E-state index in [1.54, 1.807) is 4.90 Å². The number of nitrogens with two attached hydrogens (primary N) is 1. The second kappa shape index (κ2) is 4.74. The molecule has 1 aromatic carbocycles. The lowest BCUT2D eigenvalue weighted by Crippen LogP contribution is -2.31. The van der Waals surface area contributed by atoms with Crippen LogP contribution in [0.15, 0.2) is 30.3 Å². The summed E-state index contributed by atoms with van der Waals surface area (Å²) in [6, 6.07) is 8.58. The van der Waals surface area contributed by atoms with E-state index in [4.69, 9.17) is 5.73 Å². The highest BCUT2D eigenvalue weighted by molar-refractivity contribution is 5.66. The molecule has 0 amide bonds. The van der Waals surface area contributed by atoms with Crippen molar-refractivity contribution in [3.05, 3.63) is 47.5 Å². The van der Waals surface area contributed by atoms with Gasteiger partial charge in [0.25, 0.3) is 0 Å². The Morgan fingerprint density at radius 3 is 2.80 bits per heavy atom. The van der Waals surface area contributed by atoms with Crippen LogP contribution < -0.4 is 10.6 Å². The molecule has 20 heavy (non-hydrogen) atoms. The maximum absolute atomic E-state index is 14.0. The fourth-order valence-corrected chi connectivity index (χ4v) is 2.66. The monoisotopic (exact) mass is 275 g/mol. The van der Waals surface area contributed by atoms with Gasteiger partial charge < -0.3 is 10.6 Å². The largest absolute Gasteiger partial charge is 0.381 e. The predicted octanol–water partition coefficient (Wildman–Crippen LogP) is 3.27. The lowest BCUT2D eigenvalue weighted by Gasteiger charge is -2.34. The number of hydrogen-bond acceptors (Lipinski definition) is 3. The van der Waals surface area contributed by atoms with Crippen molar-refractivity contribution < 1.29 is 8.78 Å². The third-order valence-electron chi connectivity index (χ3n) is 3.54. The lowest BCUT2D eigenvalue weighted by atomic mass is 9.94. The fraction of sp³-hybridized carbons (Fsp3) is 0.267. The predicted molar refractivity (Wildman–Crippen MR) is 74.9 cm³/mol. The van der Waals surface area contributed by atoms with E-state index in [9.17, 15) is 8.78 Å². The Labute approximate surface area is 116 Å². The molecule has 1 unspecified atom stereocenters. The summed E-state index contributed by atoms with van der Waals surface area (Å²) in [6.07, 6.45) is 0.935. The van der Waals surface area contributed by atoms with Crippen molar-refractivity contribution in [3.8, 4) is 0 Å². The maximum atomic E-state index is 14.0. The number of fused-ring (bicyclic) bond motifs is 1. The Balaban J connectivity index is 2.13. The Morgan fingerprint density at radius 1 is 1.25 bits per heavy atom. The van der Waals surface area contributed by atoms with E-state index < -0.39 is 11.6 Å². The van der Waals surface area contributed by atoms with Crippen LogP contribution in [0, 0.1) is 17.6 Å². The Morgan fingerprint density at radius 2 is 2.00 bits per heavy atom. The molecule has 2 heterocycles. The normalized spacial score (nSPS) is 17.9. The zero-order chi connectivity index (χ0) is 14.3. The van der Waals surface area contributed by atoms with Crippen LogP contribution in [0.4, 0.5) is 26.1 Å². The molecule has 104 valence electrons. The first-order valence-corrected chi connectivity index (χ1v) is 6.53. The van der Waals surface area contributed by atoms with Gasteiger partial charge in [0.2, 0.25) is 0 Å². The van der Waals surface area contributed by atoms with Crippen LogP contribution in [0.25, 0.3) is 0 Å². The van der Waals surface area contributed by atoms with Gasteiger partial charge in [-0.15, -0.1) is 0 Å². The zero-order valence-electron chi connectivity index (χ0n) is 11.1. The fourth-order valence-electron chi connectivity index (χ4n) is 2.66. The first-order valence-electron chi connectivity index (χ1n) is 6.53. The van der Waals surface area contributed by atoms with Crippen LogP contribution in [0.5, 0.6) is 0 Å². The van der Waals surface area contributed by atoms with Gasteiger partial charge in [-0.2, -0.15) is 0 Å². The molecule has 0 saturated carbocycles. The molecule has 2 N–H and O–H groups in total. The molecule has 1 aromatic heterocycles. The first-order chi connectivity index (χ1) is 9.56. The number of hydrogen-bond donors (Lipinski definition) is 1. The summed E-state index contributed by atoms with van der Waals surface area (Å²) < 4.78 is 27.3. The van der Waals surface area contributed by atoms with Crippen LogP contribution in [0.2, 0.25) is 0 Å². The molecule has 5 heteroatoms. The summed E-state index contributed by atoms with van der Waals surface area (Å²) in [7, 11) is 0. The van der Waals surface area contributed by atoms with Gasteiger partial charge in [-0.05, 0) is 24.0 Å². The van der Waals surface area contributed by atoms with E-state index in [0.29, 0.717) is 12.5 Å². The summed E-state index contributed by atoms with van der Waals surface area (Å²) in [5, 5.41) is 0.